The monoisotopic (exact) mass is 208 g/mol. The second-order valence-corrected chi connectivity index (χ2v) is 4.08. The Hall–Kier alpha value is -1.58. The third kappa shape index (κ3) is 3.23. The Morgan fingerprint density at radius 3 is 2.73 bits per heavy atom. The maximum Gasteiger partial charge on any atom is 0.354 e. The number of pyridine rings is 1. The second-order valence-electron chi connectivity index (χ2n) is 4.08. The summed E-state index contributed by atoms with van der Waals surface area (Å²) < 4.78 is 0. The van der Waals surface area contributed by atoms with Crippen LogP contribution in [0.1, 0.15) is 37.7 Å². The second kappa shape index (κ2) is 4.29. The number of aromatic carboxylic acids is 1. The van der Waals surface area contributed by atoms with Gasteiger partial charge in [-0.2, -0.15) is 0 Å². The minimum atomic E-state index is -1.01. The van der Waals surface area contributed by atoms with Crippen LogP contribution in [0, 0.1) is 0 Å². The van der Waals surface area contributed by atoms with Crippen LogP contribution in [0.4, 0.5) is 5.82 Å². The normalized spacial score (nSPS) is 11.1. The lowest BCUT2D eigenvalue weighted by Gasteiger charge is -2.25. The highest BCUT2D eigenvalue weighted by molar-refractivity contribution is 5.85. The summed E-state index contributed by atoms with van der Waals surface area (Å²) in [5.41, 5.74) is -0.0173. The van der Waals surface area contributed by atoms with E-state index in [0.717, 1.165) is 6.42 Å². The summed E-state index contributed by atoms with van der Waals surface area (Å²) in [4.78, 5) is 14.7. The third-order valence-electron chi connectivity index (χ3n) is 2.32. The average Bonchev–Trinajstić information content (AvgIpc) is 2.17. The topological polar surface area (TPSA) is 62.2 Å². The van der Waals surface area contributed by atoms with Crippen molar-refractivity contribution in [2.75, 3.05) is 5.32 Å². The number of carbonyl (C=O) groups is 1. The summed E-state index contributed by atoms with van der Waals surface area (Å²) in [6.45, 7) is 6.15. The summed E-state index contributed by atoms with van der Waals surface area (Å²) in [6.07, 6.45) is 0.936. The first-order chi connectivity index (χ1) is 6.94. The van der Waals surface area contributed by atoms with E-state index in [9.17, 15) is 4.79 Å². The molecule has 1 aromatic rings. The van der Waals surface area contributed by atoms with Crippen LogP contribution in [0.2, 0.25) is 0 Å². The molecule has 0 fully saturated rings. The molecule has 4 heteroatoms. The van der Waals surface area contributed by atoms with Crippen molar-refractivity contribution in [1.82, 2.24) is 4.98 Å². The fraction of sp³-hybridized carbons (Fsp3) is 0.455. The Kier molecular flexibility index (Phi) is 3.29. The van der Waals surface area contributed by atoms with Gasteiger partial charge < -0.3 is 10.4 Å². The number of nitrogens with one attached hydrogen (secondary N) is 1. The van der Waals surface area contributed by atoms with E-state index < -0.39 is 5.97 Å². The van der Waals surface area contributed by atoms with Crippen molar-refractivity contribution < 1.29 is 9.90 Å². The van der Waals surface area contributed by atoms with Gasteiger partial charge >= 0.3 is 5.97 Å². The van der Waals surface area contributed by atoms with Gasteiger partial charge in [-0.25, -0.2) is 9.78 Å². The largest absolute Gasteiger partial charge is 0.477 e. The molecule has 4 nitrogen and oxygen atoms in total. The Bertz CT molecular complexity index is 361. The first-order valence-electron chi connectivity index (χ1n) is 4.93. The average molecular weight is 208 g/mol. The number of carboxylic acids is 1. The first kappa shape index (κ1) is 11.5. The Morgan fingerprint density at radius 1 is 1.53 bits per heavy atom. The van der Waals surface area contributed by atoms with Gasteiger partial charge in [-0.1, -0.05) is 13.0 Å². The SMILES string of the molecule is CCC(C)(C)Nc1cccc(C(=O)O)n1. The number of anilines is 1. The zero-order valence-corrected chi connectivity index (χ0v) is 9.24. The van der Waals surface area contributed by atoms with Crippen LogP contribution < -0.4 is 5.32 Å². The van der Waals surface area contributed by atoms with Gasteiger partial charge in [0.05, 0.1) is 0 Å². The van der Waals surface area contributed by atoms with Gasteiger partial charge in [0.25, 0.3) is 0 Å². The van der Waals surface area contributed by atoms with Gasteiger partial charge in [-0.05, 0) is 32.4 Å². The first-order valence-corrected chi connectivity index (χ1v) is 4.93. The fourth-order valence-corrected chi connectivity index (χ4v) is 1.06. The summed E-state index contributed by atoms with van der Waals surface area (Å²) >= 11 is 0. The van der Waals surface area contributed by atoms with E-state index >= 15 is 0 Å². The Balaban J connectivity index is 2.87. The summed E-state index contributed by atoms with van der Waals surface area (Å²) in [6, 6.07) is 4.93. The van der Waals surface area contributed by atoms with E-state index in [2.05, 4.69) is 17.2 Å². The van der Waals surface area contributed by atoms with Crippen molar-refractivity contribution >= 4 is 11.8 Å². The fourth-order valence-electron chi connectivity index (χ4n) is 1.06. The van der Waals surface area contributed by atoms with Gasteiger partial charge in [-0.15, -0.1) is 0 Å². The van der Waals surface area contributed by atoms with Gasteiger partial charge in [0.1, 0.15) is 5.82 Å². The quantitative estimate of drug-likeness (QED) is 0.797. The van der Waals surface area contributed by atoms with Crippen molar-refractivity contribution in [3.63, 3.8) is 0 Å². The molecule has 0 saturated carbocycles. The van der Waals surface area contributed by atoms with Gasteiger partial charge in [-0.3, -0.25) is 0 Å². The van der Waals surface area contributed by atoms with E-state index in [0.29, 0.717) is 5.82 Å². The lowest BCUT2D eigenvalue weighted by molar-refractivity contribution is 0.0690. The molecule has 0 radical (unpaired) electrons. The van der Waals surface area contributed by atoms with Crippen molar-refractivity contribution in [2.45, 2.75) is 32.7 Å². The number of rotatable bonds is 4. The number of carboxylic acid groups (broad SMARTS) is 1. The number of nitrogens with zero attached hydrogens (tertiary/aromatic N) is 1. The van der Waals surface area contributed by atoms with E-state index in [1.807, 2.05) is 13.8 Å². The van der Waals surface area contributed by atoms with Gasteiger partial charge in [0.15, 0.2) is 5.69 Å². The molecule has 1 rings (SSSR count). The summed E-state index contributed by atoms with van der Waals surface area (Å²) in [5, 5.41) is 12.0. The van der Waals surface area contributed by atoms with Crippen LogP contribution in [0.25, 0.3) is 0 Å². The lowest BCUT2D eigenvalue weighted by Crippen LogP contribution is -2.30. The van der Waals surface area contributed by atoms with Crippen LogP contribution in [-0.2, 0) is 0 Å². The number of hydrogen-bond donors (Lipinski definition) is 2. The molecule has 0 saturated heterocycles. The smallest absolute Gasteiger partial charge is 0.354 e. The molecule has 82 valence electrons. The van der Waals surface area contributed by atoms with Gasteiger partial charge in [0, 0.05) is 5.54 Å². The maximum atomic E-state index is 10.7. The Labute approximate surface area is 89.3 Å². The molecule has 0 bridgehead atoms. The molecule has 1 heterocycles. The summed E-state index contributed by atoms with van der Waals surface area (Å²) in [7, 11) is 0. The molecule has 0 aliphatic carbocycles. The van der Waals surface area contributed by atoms with E-state index in [1.54, 1.807) is 12.1 Å². The number of hydrogen-bond acceptors (Lipinski definition) is 3. The van der Waals surface area contributed by atoms with E-state index in [4.69, 9.17) is 5.11 Å². The van der Waals surface area contributed by atoms with Crippen molar-refractivity contribution in [1.29, 1.82) is 0 Å². The highest BCUT2D eigenvalue weighted by atomic mass is 16.4. The predicted octanol–water partition coefficient (Wildman–Crippen LogP) is 2.38. The molecule has 0 atom stereocenters. The minimum Gasteiger partial charge on any atom is -0.477 e. The molecule has 2 N–H and O–H groups in total. The van der Waals surface area contributed by atoms with Crippen molar-refractivity contribution in [2.24, 2.45) is 0 Å². The molecule has 0 aliphatic heterocycles. The van der Waals surface area contributed by atoms with Crippen LogP contribution in [0.3, 0.4) is 0 Å². The van der Waals surface area contributed by atoms with E-state index in [1.165, 1.54) is 6.07 Å². The standard InChI is InChI=1S/C11H16N2O2/c1-4-11(2,3)13-9-7-5-6-8(12-9)10(14)15/h5-7H,4H2,1-3H3,(H,12,13)(H,14,15). The predicted molar refractivity (Wildman–Crippen MR) is 59.2 cm³/mol. The highest BCUT2D eigenvalue weighted by Gasteiger charge is 2.15. The number of aromatic nitrogens is 1. The van der Waals surface area contributed by atoms with Crippen molar-refractivity contribution in [3.8, 4) is 0 Å². The molecule has 0 aliphatic rings. The molecular formula is C11H16N2O2. The van der Waals surface area contributed by atoms with Crippen LogP contribution >= 0.6 is 0 Å². The zero-order valence-electron chi connectivity index (χ0n) is 9.24. The molecule has 0 aromatic carbocycles. The van der Waals surface area contributed by atoms with Crippen LogP contribution in [-0.4, -0.2) is 21.6 Å². The van der Waals surface area contributed by atoms with Crippen molar-refractivity contribution in [3.05, 3.63) is 23.9 Å². The Morgan fingerprint density at radius 2 is 2.20 bits per heavy atom. The van der Waals surface area contributed by atoms with Crippen LogP contribution in [0.5, 0.6) is 0 Å². The van der Waals surface area contributed by atoms with Gasteiger partial charge in [0.2, 0.25) is 0 Å². The highest BCUT2D eigenvalue weighted by Crippen LogP contribution is 2.15. The molecule has 0 spiro atoms. The molecule has 0 unspecified atom stereocenters. The zero-order chi connectivity index (χ0) is 11.5. The lowest BCUT2D eigenvalue weighted by atomic mass is 10.0. The van der Waals surface area contributed by atoms with Crippen LogP contribution in [0.15, 0.2) is 18.2 Å². The molecular weight excluding hydrogens is 192 g/mol. The maximum absolute atomic E-state index is 10.7. The molecule has 1 aromatic heterocycles. The molecule has 15 heavy (non-hydrogen) atoms. The molecule has 0 amide bonds. The minimum absolute atomic E-state index is 0.0619. The third-order valence-corrected chi connectivity index (χ3v) is 2.32. The van der Waals surface area contributed by atoms with E-state index in [-0.39, 0.29) is 11.2 Å². The summed E-state index contributed by atoms with van der Waals surface area (Å²) in [5.74, 6) is -0.408.